The lowest BCUT2D eigenvalue weighted by Crippen LogP contribution is -2.18. The van der Waals surface area contributed by atoms with Crippen LogP contribution in [-0.2, 0) is 13.6 Å². The third-order valence-electron chi connectivity index (χ3n) is 2.71. The summed E-state index contributed by atoms with van der Waals surface area (Å²) in [6.07, 6.45) is 2.08. The molecule has 86 valence electrons. The average molecular weight is 235 g/mol. The Labute approximate surface area is 100 Å². The van der Waals surface area contributed by atoms with Crippen molar-refractivity contribution in [3.8, 4) is 0 Å². The lowest BCUT2D eigenvalue weighted by Gasteiger charge is -2.12. The van der Waals surface area contributed by atoms with Crippen molar-refractivity contribution in [2.45, 2.75) is 26.4 Å². The van der Waals surface area contributed by atoms with Crippen LogP contribution in [-0.4, -0.2) is 9.78 Å². The minimum absolute atomic E-state index is 0.341. The minimum atomic E-state index is 0.341. The Morgan fingerprint density at radius 2 is 2.38 bits per heavy atom. The minimum Gasteiger partial charge on any atom is -0.306 e. The fourth-order valence-electron chi connectivity index (χ4n) is 1.82. The highest BCUT2D eigenvalue weighted by Gasteiger charge is 2.10. The fourth-order valence-corrected chi connectivity index (χ4v) is 2.49. The smallest absolute Gasteiger partial charge is 0.0641 e. The molecule has 4 heteroatoms. The number of rotatable bonds is 4. The summed E-state index contributed by atoms with van der Waals surface area (Å²) in [5, 5.41) is 12.1. The van der Waals surface area contributed by atoms with E-state index in [1.54, 1.807) is 11.3 Å². The van der Waals surface area contributed by atoms with Crippen molar-refractivity contribution in [1.29, 1.82) is 0 Å². The monoisotopic (exact) mass is 235 g/mol. The molecule has 0 aromatic carbocycles. The Kier molecular flexibility index (Phi) is 3.41. The van der Waals surface area contributed by atoms with Crippen LogP contribution >= 0.6 is 11.3 Å². The summed E-state index contributed by atoms with van der Waals surface area (Å²) >= 11 is 1.74. The van der Waals surface area contributed by atoms with Crippen LogP contribution in [0.4, 0.5) is 0 Å². The zero-order valence-electron chi connectivity index (χ0n) is 9.90. The molecule has 2 aromatic heterocycles. The molecular formula is C12H17N3S. The van der Waals surface area contributed by atoms with Crippen molar-refractivity contribution >= 4 is 11.3 Å². The molecule has 0 saturated carbocycles. The second-order valence-electron chi connectivity index (χ2n) is 4.08. The van der Waals surface area contributed by atoms with Crippen LogP contribution in [0.25, 0.3) is 0 Å². The second kappa shape index (κ2) is 4.80. The Morgan fingerprint density at radius 3 is 2.94 bits per heavy atom. The third-order valence-corrected chi connectivity index (χ3v) is 3.44. The molecule has 1 atom stereocenters. The normalized spacial score (nSPS) is 12.9. The molecule has 2 aromatic rings. The van der Waals surface area contributed by atoms with Gasteiger partial charge in [-0.15, -0.1) is 0 Å². The summed E-state index contributed by atoms with van der Waals surface area (Å²) in [4.78, 5) is 0. The van der Waals surface area contributed by atoms with Gasteiger partial charge in [-0.25, -0.2) is 0 Å². The average Bonchev–Trinajstić information content (AvgIpc) is 2.84. The number of hydrogen-bond acceptors (Lipinski definition) is 3. The SMILES string of the molecule is Cc1nn(C)cc1C(C)NCc1ccsc1. The summed E-state index contributed by atoms with van der Waals surface area (Å²) in [5.41, 5.74) is 3.73. The van der Waals surface area contributed by atoms with Crippen molar-refractivity contribution in [2.24, 2.45) is 7.05 Å². The van der Waals surface area contributed by atoms with Gasteiger partial charge in [-0.2, -0.15) is 16.4 Å². The van der Waals surface area contributed by atoms with Gasteiger partial charge in [0.15, 0.2) is 0 Å². The Hall–Kier alpha value is -1.13. The highest BCUT2D eigenvalue weighted by Crippen LogP contribution is 2.16. The molecule has 0 amide bonds. The zero-order valence-corrected chi connectivity index (χ0v) is 10.7. The summed E-state index contributed by atoms with van der Waals surface area (Å²) in [6.45, 7) is 5.15. The van der Waals surface area contributed by atoms with Gasteiger partial charge in [0.2, 0.25) is 0 Å². The fraction of sp³-hybridized carbons (Fsp3) is 0.417. The van der Waals surface area contributed by atoms with Crippen LogP contribution in [0.1, 0.15) is 29.8 Å². The van der Waals surface area contributed by atoms with E-state index >= 15 is 0 Å². The van der Waals surface area contributed by atoms with E-state index in [1.165, 1.54) is 11.1 Å². The number of thiophene rings is 1. The van der Waals surface area contributed by atoms with Crippen LogP contribution in [0.15, 0.2) is 23.0 Å². The van der Waals surface area contributed by atoms with Crippen LogP contribution < -0.4 is 5.32 Å². The molecular weight excluding hydrogens is 218 g/mol. The quantitative estimate of drug-likeness (QED) is 0.883. The Morgan fingerprint density at radius 1 is 1.56 bits per heavy atom. The number of nitrogens with zero attached hydrogens (tertiary/aromatic N) is 2. The molecule has 0 spiro atoms. The van der Waals surface area contributed by atoms with E-state index in [2.05, 4.69) is 47.3 Å². The first kappa shape index (κ1) is 11.4. The van der Waals surface area contributed by atoms with Crippen molar-refractivity contribution in [2.75, 3.05) is 0 Å². The molecule has 0 saturated heterocycles. The molecule has 3 nitrogen and oxygen atoms in total. The molecule has 0 bridgehead atoms. The topological polar surface area (TPSA) is 29.9 Å². The molecule has 1 N–H and O–H groups in total. The van der Waals surface area contributed by atoms with Crippen molar-refractivity contribution in [1.82, 2.24) is 15.1 Å². The van der Waals surface area contributed by atoms with Crippen molar-refractivity contribution < 1.29 is 0 Å². The number of aryl methyl sites for hydroxylation is 2. The molecule has 1 unspecified atom stereocenters. The highest BCUT2D eigenvalue weighted by molar-refractivity contribution is 7.07. The van der Waals surface area contributed by atoms with Gasteiger partial charge >= 0.3 is 0 Å². The summed E-state index contributed by atoms with van der Waals surface area (Å²) in [6, 6.07) is 2.49. The van der Waals surface area contributed by atoms with Gasteiger partial charge in [0.25, 0.3) is 0 Å². The van der Waals surface area contributed by atoms with E-state index in [0.29, 0.717) is 6.04 Å². The molecule has 0 fully saturated rings. The Balaban J connectivity index is 1.98. The molecule has 0 aliphatic rings. The zero-order chi connectivity index (χ0) is 11.5. The maximum atomic E-state index is 4.36. The van der Waals surface area contributed by atoms with Gasteiger partial charge in [0.1, 0.15) is 0 Å². The standard InChI is InChI=1S/C12H17N3S/c1-9(12-7-15(3)14-10(12)2)13-6-11-4-5-16-8-11/h4-5,7-9,13H,6H2,1-3H3. The first-order valence-corrected chi connectivity index (χ1v) is 6.35. The van der Waals surface area contributed by atoms with Crippen LogP contribution in [0.2, 0.25) is 0 Å². The van der Waals surface area contributed by atoms with Gasteiger partial charge in [-0.05, 0) is 36.2 Å². The lowest BCUT2D eigenvalue weighted by molar-refractivity contribution is 0.572. The van der Waals surface area contributed by atoms with Crippen LogP contribution in [0.5, 0.6) is 0 Å². The molecule has 0 aliphatic carbocycles. The van der Waals surface area contributed by atoms with E-state index in [-0.39, 0.29) is 0 Å². The number of hydrogen-bond donors (Lipinski definition) is 1. The summed E-state index contributed by atoms with van der Waals surface area (Å²) in [7, 11) is 1.96. The van der Waals surface area contributed by atoms with Gasteiger partial charge in [0.05, 0.1) is 5.69 Å². The summed E-state index contributed by atoms with van der Waals surface area (Å²) in [5.74, 6) is 0. The van der Waals surface area contributed by atoms with E-state index in [0.717, 1.165) is 12.2 Å². The highest BCUT2D eigenvalue weighted by atomic mass is 32.1. The third kappa shape index (κ3) is 2.51. The first-order valence-electron chi connectivity index (χ1n) is 5.41. The molecule has 16 heavy (non-hydrogen) atoms. The molecule has 0 aliphatic heterocycles. The number of aromatic nitrogens is 2. The molecule has 2 rings (SSSR count). The van der Waals surface area contributed by atoms with Gasteiger partial charge in [0, 0.05) is 31.4 Å². The first-order chi connectivity index (χ1) is 7.66. The van der Waals surface area contributed by atoms with Gasteiger partial charge in [-0.3, -0.25) is 4.68 Å². The summed E-state index contributed by atoms with van der Waals surface area (Å²) < 4.78 is 1.87. The van der Waals surface area contributed by atoms with Crippen molar-refractivity contribution in [3.63, 3.8) is 0 Å². The predicted molar refractivity (Wildman–Crippen MR) is 67.5 cm³/mol. The van der Waals surface area contributed by atoms with E-state index < -0.39 is 0 Å². The Bertz CT molecular complexity index is 445. The van der Waals surface area contributed by atoms with Crippen molar-refractivity contribution in [3.05, 3.63) is 39.8 Å². The lowest BCUT2D eigenvalue weighted by atomic mass is 10.1. The maximum Gasteiger partial charge on any atom is 0.0641 e. The van der Waals surface area contributed by atoms with Crippen LogP contribution in [0.3, 0.4) is 0 Å². The van der Waals surface area contributed by atoms with E-state index in [4.69, 9.17) is 0 Å². The molecule has 2 heterocycles. The van der Waals surface area contributed by atoms with Crippen LogP contribution in [0, 0.1) is 6.92 Å². The predicted octanol–water partition coefficient (Wildman–Crippen LogP) is 2.64. The number of nitrogens with one attached hydrogen (secondary N) is 1. The largest absolute Gasteiger partial charge is 0.306 e. The molecule has 0 radical (unpaired) electrons. The van der Waals surface area contributed by atoms with E-state index in [1.807, 2.05) is 11.7 Å². The van der Waals surface area contributed by atoms with Gasteiger partial charge < -0.3 is 5.32 Å². The van der Waals surface area contributed by atoms with E-state index in [9.17, 15) is 0 Å². The maximum absolute atomic E-state index is 4.36. The van der Waals surface area contributed by atoms with Gasteiger partial charge in [-0.1, -0.05) is 0 Å². The second-order valence-corrected chi connectivity index (χ2v) is 4.86.